The van der Waals surface area contributed by atoms with Crippen molar-refractivity contribution in [3.63, 3.8) is 0 Å². The Morgan fingerprint density at radius 3 is 2.44 bits per heavy atom. The first-order valence-corrected chi connectivity index (χ1v) is 8.95. The third-order valence-corrected chi connectivity index (χ3v) is 5.04. The number of carbonyl (C=O) groups excluding carboxylic acids is 1. The van der Waals surface area contributed by atoms with E-state index < -0.39 is 12.0 Å². The predicted octanol–water partition coefficient (Wildman–Crippen LogP) is 4.01. The van der Waals surface area contributed by atoms with E-state index >= 15 is 0 Å². The summed E-state index contributed by atoms with van der Waals surface area (Å²) in [6.07, 6.45) is 4.53. The van der Waals surface area contributed by atoms with E-state index in [1.807, 2.05) is 18.2 Å². The predicted molar refractivity (Wildman–Crippen MR) is 103 cm³/mol. The van der Waals surface area contributed by atoms with Crippen LogP contribution in [0.4, 0.5) is 10.5 Å². The van der Waals surface area contributed by atoms with Gasteiger partial charge in [0.2, 0.25) is 0 Å². The second-order valence-corrected chi connectivity index (χ2v) is 6.82. The van der Waals surface area contributed by atoms with E-state index in [0.29, 0.717) is 17.2 Å². The van der Waals surface area contributed by atoms with Crippen molar-refractivity contribution in [3.8, 4) is 11.4 Å². The minimum Gasteiger partial charge on any atom is -0.478 e. The van der Waals surface area contributed by atoms with Gasteiger partial charge < -0.3 is 20.7 Å². The number of primary amides is 1. The Bertz CT molecular complexity index is 1020. The highest BCUT2D eigenvalue weighted by atomic mass is 16.4. The summed E-state index contributed by atoms with van der Waals surface area (Å²) in [5, 5.41) is 11.8. The molecular weight excluding hydrogens is 344 g/mol. The molecule has 0 bridgehead atoms. The summed E-state index contributed by atoms with van der Waals surface area (Å²) in [5.41, 5.74) is 8.53. The lowest BCUT2D eigenvalue weighted by atomic mass is 10.1. The Morgan fingerprint density at radius 2 is 1.81 bits per heavy atom. The van der Waals surface area contributed by atoms with Crippen molar-refractivity contribution in [2.24, 2.45) is 5.73 Å². The third kappa shape index (κ3) is 3.23. The van der Waals surface area contributed by atoms with Gasteiger partial charge in [0.1, 0.15) is 5.82 Å². The van der Waals surface area contributed by atoms with Crippen molar-refractivity contribution >= 4 is 28.7 Å². The molecule has 1 heterocycles. The molecule has 0 unspecified atom stereocenters. The van der Waals surface area contributed by atoms with Crippen molar-refractivity contribution in [1.82, 2.24) is 9.55 Å². The lowest BCUT2D eigenvalue weighted by molar-refractivity contribution is 0.0697. The number of imidazole rings is 1. The summed E-state index contributed by atoms with van der Waals surface area (Å²) in [5.74, 6) is -0.152. The Morgan fingerprint density at radius 1 is 1.11 bits per heavy atom. The highest BCUT2D eigenvalue weighted by Crippen LogP contribution is 2.37. The molecule has 2 amide bonds. The van der Waals surface area contributed by atoms with Gasteiger partial charge in [-0.1, -0.05) is 12.8 Å². The quantitative estimate of drug-likeness (QED) is 0.649. The molecule has 27 heavy (non-hydrogen) atoms. The van der Waals surface area contributed by atoms with Gasteiger partial charge in [-0.3, -0.25) is 0 Å². The molecule has 0 radical (unpaired) electrons. The van der Waals surface area contributed by atoms with Gasteiger partial charge in [0.15, 0.2) is 0 Å². The van der Waals surface area contributed by atoms with Crippen LogP contribution in [0.5, 0.6) is 0 Å². The van der Waals surface area contributed by atoms with Crippen LogP contribution in [-0.2, 0) is 0 Å². The number of carboxylic acid groups (broad SMARTS) is 1. The van der Waals surface area contributed by atoms with Gasteiger partial charge in [-0.15, -0.1) is 0 Å². The summed E-state index contributed by atoms with van der Waals surface area (Å²) in [4.78, 5) is 27.1. The van der Waals surface area contributed by atoms with E-state index in [0.717, 1.165) is 29.7 Å². The van der Waals surface area contributed by atoms with Gasteiger partial charge in [0.05, 0.1) is 16.6 Å². The van der Waals surface area contributed by atoms with Gasteiger partial charge in [0, 0.05) is 17.3 Å². The summed E-state index contributed by atoms with van der Waals surface area (Å²) in [6, 6.07) is 12.2. The smallest absolute Gasteiger partial charge is 0.335 e. The standard InChI is InChI=1S/C20H20N4O3/c21-20(27)22-14-8-5-12(6-9-14)18-23-16-11-13(19(25)26)7-10-17(16)24(18)15-3-1-2-4-15/h5-11,15H,1-4H2,(H,25,26)(H3,21,22,27). The zero-order valence-corrected chi connectivity index (χ0v) is 14.7. The van der Waals surface area contributed by atoms with E-state index in [1.54, 1.807) is 24.3 Å². The van der Waals surface area contributed by atoms with Crippen LogP contribution < -0.4 is 11.1 Å². The lowest BCUT2D eigenvalue weighted by Gasteiger charge is -2.16. The number of nitrogens with zero attached hydrogens (tertiary/aromatic N) is 2. The van der Waals surface area contributed by atoms with E-state index in [4.69, 9.17) is 10.7 Å². The lowest BCUT2D eigenvalue weighted by Crippen LogP contribution is -2.19. The maximum Gasteiger partial charge on any atom is 0.335 e. The second-order valence-electron chi connectivity index (χ2n) is 6.82. The van der Waals surface area contributed by atoms with Gasteiger partial charge >= 0.3 is 12.0 Å². The number of hydrogen-bond donors (Lipinski definition) is 3. The molecule has 7 nitrogen and oxygen atoms in total. The molecule has 1 fully saturated rings. The van der Waals surface area contributed by atoms with Crippen molar-refractivity contribution < 1.29 is 14.7 Å². The van der Waals surface area contributed by atoms with Gasteiger partial charge in [0.25, 0.3) is 0 Å². The van der Waals surface area contributed by atoms with Crippen molar-refractivity contribution in [2.45, 2.75) is 31.7 Å². The molecule has 7 heteroatoms. The van der Waals surface area contributed by atoms with Crippen LogP contribution in [0.15, 0.2) is 42.5 Å². The molecule has 0 spiro atoms. The Balaban J connectivity index is 1.83. The fourth-order valence-electron chi connectivity index (χ4n) is 3.81. The van der Waals surface area contributed by atoms with E-state index in [9.17, 15) is 14.7 Å². The Labute approximate surface area is 155 Å². The molecule has 4 N–H and O–H groups in total. The normalized spacial score (nSPS) is 14.5. The van der Waals surface area contributed by atoms with Gasteiger partial charge in [-0.05, 0) is 55.3 Å². The average Bonchev–Trinajstić information content (AvgIpc) is 3.28. The highest BCUT2D eigenvalue weighted by Gasteiger charge is 2.24. The first kappa shape index (κ1) is 17.1. The maximum absolute atomic E-state index is 11.3. The molecule has 0 aliphatic heterocycles. The molecule has 2 aromatic carbocycles. The summed E-state index contributed by atoms with van der Waals surface area (Å²) in [6.45, 7) is 0. The van der Waals surface area contributed by atoms with Crippen LogP contribution in [0.25, 0.3) is 22.4 Å². The second kappa shape index (κ2) is 6.75. The summed E-state index contributed by atoms with van der Waals surface area (Å²) >= 11 is 0. The number of aromatic nitrogens is 2. The van der Waals surface area contributed by atoms with Crippen molar-refractivity contribution in [3.05, 3.63) is 48.0 Å². The van der Waals surface area contributed by atoms with Crippen LogP contribution in [0.1, 0.15) is 42.1 Å². The average molecular weight is 364 g/mol. The number of benzene rings is 2. The van der Waals surface area contributed by atoms with Crippen molar-refractivity contribution in [2.75, 3.05) is 5.32 Å². The topological polar surface area (TPSA) is 110 Å². The van der Waals surface area contributed by atoms with Crippen LogP contribution in [-0.4, -0.2) is 26.7 Å². The van der Waals surface area contributed by atoms with E-state index in [1.165, 1.54) is 12.8 Å². The fraction of sp³-hybridized carbons (Fsp3) is 0.250. The summed E-state index contributed by atoms with van der Waals surface area (Å²) < 4.78 is 2.23. The number of hydrogen-bond acceptors (Lipinski definition) is 3. The number of fused-ring (bicyclic) bond motifs is 1. The van der Waals surface area contributed by atoms with Crippen LogP contribution in [0, 0.1) is 0 Å². The Hall–Kier alpha value is -3.35. The number of urea groups is 1. The molecule has 4 rings (SSSR count). The fourth-order valence-corrected chi connectivity index (χ4v) is 3.81. The Kier molecular flexibility index (Phi) is 4.27. The highest BCUT2D eigenvalue weighted by molar-refractivity contribution is 5.93. The monoisotopic (exact) mass is 364 g/mol. The SMILES string of the molecule is NC(=O)Nc1ccc(-c2nc3cc(C(=O)O)ccc3n2C2CCCC2)cc1. The molecule has 1 saturated carbocycles. The van der Waals surface area contributed by atoms with E-state index in [-0.39, 0.29) is 5.56 Å². The van der Waals surface area contributed by atoms with Crippen LogP contribution in [0.2, 0.25) is 0 Å². The van der Waals surface area contributed by atoms with Gasteiger partial charge in [-0.2, -0.15) is 0 Å². The zero-order valence-electron chi connectivity index (χ0n) is 14.7. The molecule has 1 aliphatic carbocycles. The number of nitrogens with one attached hydrogen (secondary N) is 1. The number of anilines is 1. The number of aromatic carboxylic acids is 1. The molecule has 3 aromatic rings. The third-order valence-electron chi connectivity index (χ3n) is 5.04. The molecular formula is C20H20N4O3. The van der Waals surface area contributed by atoms with Crippen molar-refractivity contribution in [1.29, 1.82) is 0 Å². The number of rotatable bonds is 4. The van der Waals surface area contributed by atoms with Crippen LogP contribution in [0.3, 0.4) is 0 Å². The number of amides is 2. The summed E-state index contributed by atoms with van der Waals surface area (Å²) in [7, 11) is 0. The minimum atomic E-state index is -0.962. The largest absolute Gasteiger partial charge is 0.478 e. The first-order chi connectivity index (χ1) is 13.0. The minimum absolute atomic E-state index is 0.228. The molecule has 1 aliphatic rings. The number of carboxylic acids is 1. The van der Waals surface area contributed by atoms with Crippen LogP contribution >= 0.6 is 0 Å². The molecule has 0 atom stereocenters. The first-order valence-electron chi connectivity index (χ1n) is 8.95. The maximum atomic E-state index is 11.3. The zero-order chi connectivity index (χ0) is 19.0. The van der Waals surface area contributed by atoms with E-state index in [2.05, 4.69) is 9.88 Å². The molecule has 0 saturated heterocycles. The number of nitrogens with two attached hydrogens (primary N) is 1. The van der Waals surface area contributed by atoms with Gasteiger partial charge in [-0.25, -0.2) is 14.6 Å². The molecule has 1 aromatic heterocycles. The molecule has 138 valence electrons. The number of carbonyl (C=O) groups is 2.